The molecule has 0 aliphatic carbocycles. The third-order valence-corrected chi connectivity index (χ3v) is 4.25. The molecule has 0 saturated carbocycles. The number of benzene rings is 1. The lowest BCUT2D eigenvalue weighted by Crippen LogP contribution is -2.21. The van der Waals surface area contributed by atoms with Crippen LogP contribution < -0.4 is 19.9 Å². The molecule has 0 fully saturated rings. The van der Waals surface area contributed by atoms with E-state index >= 15 is 0 Å². The number of aromatic nitrogens is 2. The molecule has 0 bridgehead atoms. The molecule has 7 nitrogen and oxygen atoms in total. The van der Waals surface area contributed by atoms with Crippen LogP contribution in [0.5, 0.6) is 17.4 Å². The fourth-order valence-electron chi connectivity index (χ4n) is 3.18. The van der Waals surface area contributed by atoms with Gasteiger partial charge in [-0.15, -0.1) is 5.10 Å². The van der Waals surface area contributed by atoms with Gasteiger partial charge in [0.1, 0.15) is 11.6 Å². The Morgan fingerprint density at radius 2 is 2.21 bits per heavy atom. The van der Waals surface area contributed by atoms with Crippen molar-refractivity contribution >= 4 is 0 Å². The second-order valence-electron chi connectivity index (χ2n) is 5.71. The van der Waals surface area contributed by atoms with Crippen LogP contribution in [0.2, 0.25) is 0 Å². The molecule has 0 amide bonds. The molecule has 24 heavy (non-hydrogen) atoms. The van der Waals surface area contributed by atoms with E-state index in [1.54, 1.807) is 0 Å². The van der Waals surface area contributed by atoms with Crippen molar-refractivity contribution in [3.63, 3.8) is 0 Å². The third-order valence-electron chi connectivity index (χ3n) is 4.25. The quantitative estimate of drug-likeness (QED) is 0.897. The summed E-state index contributed by atoms with van der Waals surface area (Å²) in [6.45, 7) is 2.29. The Labute approximate surface area is 138 Å². The molecule has 1 atom stereocenters. The Hall–Kier alpha value is -3.14. The zero-order valence-electron chi connectivity index (χ0n) is 13.1. The van der Waals surface area contributed by atoms with E-state index in [-0.39, 0.29) is 18.6 Å². The van der Waals surface area contributed by atoms with Gasteiger partial charge in [0, 0.05) is 11.3 Å². The van der Waals surface area contributed by atoms with Crippen LogP contribution in [-0.2, 0) is 6.42 Å². The molecule has 3 N–H and O–H groups in total. The number of H-pyrrole nitrogens is 1. The standard InChI is InChI=1S/C17H16N4O3/c1-2-3-11-15-14(9-4-5-12-13(6-9)23-8-22-12)10(7-18)16(19)24-17(15)21-20-11/h4-6,14H,2-3,8,19H2,1H3,(H,20,21). The fraction of sp³-hybridized carbons (Fsp3) is 0.294. The van der Waals surface area contributed by atoms with Gasteiger partial charge in [-0.2, -0.15) is 5.26 Å². The lowest BCUT2D eigenvalue weighted by atomic mass is 9.83. The minimum absolute atomic E-state index is 0.0854. The fourth-order valence-corrected chi connectivity index (χ4v) is 3.18. The van der Waals surface area contributed by atoms with E-state index in [0.717, 1.165) is 29.7 Å². The zero-order chi connectivity index (χ0) is 16.7. The van der Waals surface area contributed by atoms with Gasteiger partial charge in [-0.3, -0.25) is 5.10 Å². The number of ether oxygens (including phenoxy) is 3. The van der Waals surface area contributed by atoms with Crippen molar-refractivity contribution in [2.45, 2.75) is 25.7 Å². The summed E-state index contributed by atoms with van der Waals surface area (Å²) in [6.07, 6.45) is 1.76. The Kier molecular flexibility index (Phi) is 3.31. The Morgan fingerprint density at radius 3 is 3.00 bits per heavy atom. The maximum absolute atomic E-state index is 9.62. The summed E-state index contributed by atoms with van der Waals surface area (Å²) < 4.78 is 16.4. The molecular formula is C17H16N4O3. The van der Waals surface area contributed by atoms with Crippen molar-refractivity contribution in [3.8, 4) is 23.4 Å². The normalized spacial score (nSPS) is 18.1. The SMILES string of the molecule is CCCc1[nH]nc2c1C(c1ccc3c(c1)OCO3)C(C#N)=C(N)O2. The minimum Gasteiger partial charge on any atom is -0.454 e. The molecule has 0 spiro atoms. The van der Waals surface area contributed by atoms with Gasteiger partial charge in [0.2, 0.25) is 18.6 Å². The highest BCUT2D eigenvalue weighted by atomic mass is 16.7. The summed E-state index contributed by atoms with van der Waals surface area (Å²) in [5.41, 5.74) is 9.04. The average Bonchev–Trinajstić information content (AvgIpc) is 3.20. The number of hydrogen-bond acceptors (Lipinski definition) is 6. The first-order chi connectivity index (χ1) is 11.7. The van der Waals surface area contributed by atoms with Crippen LogP contribution in [0.4, 0.5) is 0 Å². The topological polar surface area (TPSA) is 106 Å². The number of rotatable bonds is 3. The molecule has 1 aromatic carbocycles. The maximum Gasteiger partial charge on any atom is 0.244 e. The summed E-state index contributed by atoms with van der Waals surface area (Å²) in [5.74, 6) is 1.53. The van der Waals surface area contributed by atoms with Gasteiger partial charge in [-0.1, -0.05) is 19.4 Å². The number of aromatic amines is 1. The van der Waals surface area contributed by atoms with E-state index in [0.29, 0.717) is 23.0 Å². The zero-order valence-corrected chi connectivity index (χ0v) is 13.1. The third kappa shape index (κ3) is 2.07. The van der Waals surface area contributed by atoms with Crippen molar-refractivity contribution in [2.75, 3.05) is 6.79 Å². The first-order valence-electron chi connectivity index (χ1n) is 7.77. The van der Waals surface area contributed by atoms with E-state index in [2.05, 4.69) is 23.2 Å². The molecule has 3 heterocycles. The van der Waals surface area contributed by atoms with Crippen LogP contribution in [0, 0.1) is 11.3 Å². The maximum atomic E-state index is 9.62. The lowest BCUT2D eigenvalue weighted by molar-refractivity contribution is 0.174. The van der Waals surface area contributed by atoms with Crippen molar-refractivity contribution in [1.82, 2.24) is 10.2 Å². The molecule has 0 radical (unpaired) electrons. The Bertz CT molecular complexity index is 878. The highest BCUT2D eigenvalue weighted by Crippen LogP contribution is 2.45. The van der Waals surface area contributed by atoms with Crippen molar-refractivity contribution in [1.29, 1.82) is 5.26 Å². The van der Waals surface area contributed by atoms with Gasteiger partial charge in [0.25, 0.3) is 0 Å². The van der Waals surface area contributed by atoms with Crippen molar-refractivity contribution in [2.24, 2.45) is 5.73 Å². The Balaban J connectivity index is 1.89. The van der Waals surface area contributed by atoms with Crippen LogP contribution in [0.3, 0.4) is 0 Å². The molecule has 2 aromatic rings. The molecule has 7 heteroatoms. The summed E-state index contributed by atoms with van der Waals surface area (Å²) >= 11 is 0. The summed E-state index contributed by atoms with van der Waals surface area (Å²) in [7, 11) is 0. The van der Waals surface area contributed by atoms with Gasteiger partial charge in [0.15, 0.2) is 11.5 Å². The number of nitrogens with two attached hydrogens (primary N) is 1. The number of hydrogen-bond donors (Lipinski definition) is 2. The number of aryl methyl sites for hydroxylation is 1. The molecule has 0 saturated heterocycles. The molecular weight excluding hydrogens is 308 g/mol. The highest BCUT2D eigenvalue weighted by molar-refractivity contribution is 5.57. The van der Waals surface area contributed by atoms with Crippen LogP contribution in [-0.4, -0.2) is 17.0 Å². The molecule has 2 aliphatic rings. The number of allylic oxidation sites excluding steroid dienone is 1. The first kappa shape index (κ1) is 14.5. The van der Waals surface area contributed by atoms with E-state index < -0.39 is 0 Å². The number of nitrogens with zero attached hydrogens (tertiary/aromatic N) is 2. The van der Waals surface area contributed by atoms with Crippen molar-refractivity contribution < 1.29 is 14.2 Å². The minimum atomic E-state index is -0.339. The summed E-state index contributed by atoms with van der Waals surface area (Å²) in [4.78, 5) is 0. The predicted octanol–water partition coefficient (Wildman–Crippen LogP) is 2.31. The molecule has 2 aliphatic heterocycles. The molecule has 122 valence electrons. The van der Waals surface area contributed by atoms with Gasteiger partial charge in [0.05, 0.1) is 5.92 Å². The van der Waals surface area contributed by atoms with Crippen molar-refractivity contribution in [3.05, 3.63) is 46.5 Å². The van der Waals surface area contributed by atoms with Crippen LogP contribution in [0.25, 0.3) is 0 Å². The van der Waals surface area contributed by atoms with E-state index in [4.69, 9.17) is 19.9 Å². The lowest BCUT2D eigenvalue weighted by Gasteiger charge is -2.24. The second kappa shape index (κ2) is 5.49. The number of fused-ring (bicyclic) bond motifs is 2. The average molecular weight is 324 g/mol. The molecule has 1 unspecified atom stereocenters. The first-order valence-corrected chi connectivity index (χ1v) is 7.77. The summed E-state index contributed by atoms with van der Waals surface area (Å²) in [6, 6.07) is 7.83. The summed E-state index contributed by atoms with van der Waals surface area (Å²) in [5, 5.41) is 16.8. The van der Waals surface area contributed by atoms with E-state index in [1.807, 2.05) is 18.2 Å². The Morgan fingerprint density at radius 1 is 1.38 bits per heavy atom. The number of nitrogens with one attached hydrogen (secondary N) is 1. The van der Waals surface area contributed by atoms with Crippen LogP contribution in [0.15, 0.2) is 29.7 Å². The highest BCUT2D eigenvalue weighted by Gasteiger charge is 2.35. The van der Waals surface area contributed by atoms with Crippen LogP contribution in [0.1, 0.15) is 36.1 Å². The van der Waals surface area contributed by atoms with E-state index in [1.165, 1.54) is 0 Å². The van der Waals surface area contributed by atoms with Gasteiger partial charge in [-0.25, -0.2) is 0 Å². The van der Waals surface area contributed by atoms with Crippen LogP contribution >= 0.6 is 0 Å². The van der Waals surface area contributed by atoms with Gasteiger partial charge < -0.3 is 19.9 Å². The number of nitriles is 1. The second-order valence-corrected chi connectivity index (χ2v) is 5.71. The monoisotopic (exact) mass is 324 g/mol. The van der Waals surface area contributed by atoms with Gasteiger partial charge >= 0.3 is 0 Å². The molecule has 4 rings (SSSR count). The molecule has 1 aromatic heterocycles. The smallest absolute Gasteiger partial charge is 0.244 e. The van der Waals surface area contributed by atoms with E-state index in [9.17, 15) is 5.26 Å². The largest absolute Gasteiger partial charge is 0.454 e. The van der Waals surface area contributed by atoms with Gasteiger partial charge in [-0.05, 0) is 24.1 Å². The predicted molar refractivity (Wildman–Crippen MR) is 84.4 cm³/mol.